The molecule has 7 rings (SSSR count). The molecule has 0 saturated carbocycles. The lowest BCUT2D eigenvalue weighted by Gasteiger charge is -2.19. The molecule has 0 aliphatic carbocycles. The van der Waals surface area contributed by atoms with Crippen LogP contribution in [0.5, 0.6) is 0 Å². The highest BCUT2D eigenvalue weighted by Crippen LogP contribution is 2.46. The lowest BCUT2D eigenvalue weighted by atomic mass is 9.80. The van der Waals surface area contributed by atoms with Gasteiger partial charge in [0.15, 0.2) is 0 Å². The molecule has 0 bridgehead atoms. The minimum atomic E-state index is 0.761. The molecular weight excluding hydrogens is 567 g/mol. The van der Waals surface area contributed by atoms with E-state index >= 15 is 0 Å². The molecule has 0 saturated heterocycles. The van der Waals surface area contributed by atoms with Crippen molar-refractivity contribution in [3.8, 4) is 22.3 Å². The first kappa shape index (κ1) is 30.1. The van der Waals surface area contributed by atoms with Gasteiger partial charge in [-0.3, -0.25) is 0 Å². The minimum Gasteiger partial charge on any atom is -0.455 e. The second-order valence-corrected chi connectivity index (χ2v) is 11.9. The third kappa shape index (κ3) is 5.26. The number of furan rings is 1. The number of hydrogen-bond donors (Lipinski definition) is 0. The van der Waals surface area contributed by atoms with Crippen LogP contribution in [0.1, 0.15) is 26.3 Å². The maximum Gasteiger partial charge on any atom is 0.143 e. The maximum absolute atomic E-state index is 6.81. The predicted molar refractivity (Wildman–Crippen MR) is 205 cm³/mol. The van der Waals surface area contributed by atoms with E-state index in [-0.39, 0.29) is 0 Å². The van der Waals surface area contributed by atoms with Gasteiger partial charge in [-0.15, -0.1) is 0 Å². The molecule has 6 aromatic carbocycles. The van der Waals surface area contributed by atoms with Gasteiger partial charge < -0.3 is 4.42 Å². The van der Waals surface area contributed by atoms with Crippen LogP contribution in [-0.2, 0) is 0 Å². The summed E-state index contributed by atoms with van der Waals surface area (Å²) < 4.78 is 6.79. The number of hydrogen-bond acceptors (Lipinski definition) is 1. The van der Waals surface area contributed by atoms with Crippen LogP contribution in [0.15, 0.2) is 168 Å². The molecule has 2 radical (unpaired) electrons. The molecule has 0 N–H and O–H groups in total. The topological polar surface area (TPSA) is 13.1 Å². The molecule has 0 aliphatic heterocycles. The van der Waals surface area contributed by atoms with Crippen molar-refractivity contribution < 1.29 is 4.42 Å². The Bertz CT molecular complexity index is 2450. The summed E-state index contributed by atoms with van der Waals surface area (Å²) >= 11 is 0. The molecule has 224 valence electrons. The zero-order valence-corrected chi connectivity index (χ0v) is 27.0. The lowest BCUT2D eigenvalue weighted by Crippen LogP contribution is -2.06. The molecule has 0 unspecified atom stereocenters. The van der Waals surface area contributed by atoms with Gasteiger partial charge in [0.1, 0.15) is 19.0 Å². The van der Waals surface area contributed by atoms with Crippen LogP contribution in [0.2, 0.25) is 0 Å². The standard InChI is InChI=1S/C45H35BO/c1-5-7-16-31(6-2)29(3)27-28-30(4)33-21-15-26-40-43(33)38-24-13-23-37(45(38)47-40)42-35-20-12-11-19-34(35)41(32-17-9-8-10-18-32)44-36(42)22-14-25-39(44)46/h5-28H,2H2,1,3-4H3/b7-5-,29-27+,30-28+,31-16+. The molecule has 1 nitrogen and oxygen atoms in total. The van der Waals surface area contributed by atoms with Crippen molar-refractivity contribution in [1.82, 2.24) is 0 Å². The fourth-order valence-corrected chi connectivity index (χ4v) is 6.82. The van der Waals surface area contributed by atoms with Crippen LogP contribution in [0.3, 0.4) is 0 Å². The van der Waals surface area contributed by atoms with Crippen LogP contribution in [-0.4, -0.2) is 7.85 Å². The van der Waals surface area contributed by atoms with Crippen molar-refractivity contribution in [1.29, 1.82) is 0 Å². The van der Waals surface area contributed by atoms with Gasteiger partial charge in [-0.2, -0.15) is 0 Å². The monoisotopic (exact) mass is 602 g/mol. The zero-order valence-electron chi connectivity index (χ0n) is 27.0. The Balaban J connectivity index is 1.49. The fourth-order valence-electron chi connectivity index (χ4n) is 6.82. The lowest BCUT2D eigenvalue weighted by molar-refractivity contribution is 0.670. The molecule has 0 aliphatic rings. The first-order valence-corrected chi connectivity index (χ1v) is 16.1. The van der Waals surface area contributed by atoms with E-state index in [2.05, 4.69) is 142 Å². The highest BCUT2D eigenvalue weighted by Gasteiger charge is 2.21. The summed E-state index contributed by atoms with van der Waals surface area (Å²) in [6.07, 6.45) is 12.4. The first-order chi connectivity index (χ1) is 23.0. The summed E-state index contributed by atoms with van der Waals surface area (Å²) in [5, 5.41) is 6.71. The van der Waals surface area contributed by atoms with Gasteiger partial charge in [0.2, 0.25) is 0 Å². The zero-order chi connectivity index (χ0) is 32.5. The second-order valence-electron chi connectivity index (χ2n) is 11.9. The van der Waals surface area contributed by atoms with Crippen LogP contribution in [0.4, 0.5) is 0 Å². The summed E-state index contributed by atoms with van der Waals surface area (Å²) in [6, 6.07) is 38.3. The van der Waals surface area contributed by atoms with E-state index < -0.39 is 0 Å². The Kier molecular flexibility index (Phi) is 8.10. The highest BCUT2D eigenvalue weighted by molar-refractivity contribution is 6.43. The minimum absolute atomic E-state index is 0.761. The summed E-state index contributed by atoms with van der Waals surface area (Å²) in [5.74, 6) is 0. The number of para-hydroxylation sites is 1. The van der Waals surface area contributed by atoms with E-state index in [1.807, 2.05) is 31.2 Å². The third-order valence-corrected chi connectivity index (χ3v) is 9.09. The van der Waals surface area contributed by atoms with E-state index in [0.29, 0.717) is 0 Å². The Hall–Kier alpha value is -5.60. The molecule has 0 fully saturated rings. The molecule has 0 spiro atoms. The van der Waals surface area contributed by atoms with Crippen LogP contribution >= 0.6 is 0 Å². The molecule has 47 heavy (non-hydrogen) atoms. The summed E-state index contributed by atoms with van der Waals surface area (Å²) in [6.45, 7) is 10.3. The molecule has 2 heteroatoms. The van der Waals surface area contributed by atoms with Gasteiger partial charge >= 0.3 is 0 Å². The van der Waals surface area contributed by atoms with Crippen molar-refractivity contribution in [2.24, 2.45) is 0 Å². The van der Waals surface area contributed by atoms with Gasteiger partial charge in [0, 0.05) is 21.9 Å². The van der Waals surface area contributed by atoms with Crippen LogP contribution in [0.25, 0.3) is 71.3 Å². The largest absolute Gasteiger partial charge is 0.455 e. The van der Waals surface area contributed by atoms with Gasteiger partial charge in [-0.05, 0) is 81.8 Å². The average Bonchev–Trinajstić information content (AvgIpc) is 3.50. The first-order valence-electron chi connectivity index (χ1n) is 16.1. The van der Waals surface area contributed by atoms with E-state index in [0.717, 1.165) is 88.1 Å². The molecule has 1 heterocycles. The quantitative estimate of drug-likeness (QED) is 0.101. The van der Waals surface area contributed by atoms with Gasteiger partial charge in [-0.1, -0.05) is 152 Å². The molecular formula is C45H35BO. The fraction of sp³-hybridized carbons (Fsp3) is 0.0667. The van der Waals surface area contributed by atoms with E-state index in [1.54, 1.807) is 0 Å². The number of rotatable bonds is 7. The summed E-state index contributed by atoms with van der Waals surface area (Å²) in [5.41, 5.74) is 11.6. The SMILES string of the molecule is [B]c1cccc2c(-c3cccc4c3oc3cccc(/C(C)=C/C=C(C)/C(C=C)=C/C=C\C)c34)c3ccccc3c(-c3ccccc3)c12. The number of fused-ring (bicyclic) bond motifs is 5. The summed E-state index contributed by atoms with van der Waals surface area (Å²) in [7, 11) is 6.81. The van der Waals surface area contributed by atoms with Crippen molar-refractivity contribution in [3.05, 3.63) is 169 Å². The smallest absolute Gasteiger partial charge is 0.143 e. The van der Waals surface area contributed by atoms with Gasteiger partial charge in [0.25, 0.3) is 0 Å². The van der Waals surface area contributed by atoms with Gasteiger partial charge in [-0.25, -0.2) is 0 Å². The predicted octanol–water partition coefficient (Wildman–Crippen LogP) is 12.1. The summed E-state index contributed by atoms with van der Waals surface area (Å²) in [4.78, 5) is 0. The Morgan fingerprint density at radius 1 is 0.660 bits per heavy atom. The molecule has 1 aromatic heterocycles. The number of benzene rings is 6. The molecule has 0 amide bonds. The second kappa shape index (κ2) is 12.7. The van der Waals surface area contributed by atoms with Crippen molar-refractivity contribution >= 4 is 62.4 Å². The molecule has 0 atom stereocenters. The Morgan fingerprint density at radius 3 is 2.11 bits per heavy atom. The Labute approximate surface area is 278 Å². The van der Waals surface area contributed by atoms with Crippen LogP contribution < -0.4 is 5.46 Å². The highest BCUT2D eigenvalue weighted by atomic mass is 16.3. The van der Waals surface area contributed by atoms with E-state index in [1.165, 1.54) is 5.39 Å². The molecule has 7 aromatic rings. The maximum atomic E-state index is 6.81. The van der Waals surface area contributed by atoms with Crippen molar-refractivity contribution in [2.75, 3.05) is 0 Å². The van der Waals surface area contributed by atoms with Crippen LogP contribution in [0, 0.1) is 0 Å². The van der Waals surface area contributed by atoms with Gasteiger partial charge in [0.05, 0.1) is 0 Å². The third-order valence-electron chi connectivity index (χ3n) is 9.09. The van der Waals surface area contributed by atoms with E-state index in [4.69, 9.17) is 12.3 Å². The average molecular weight is 603 g/mol. The number of allylic oxidation sites excluding steroid dienone is 9. The Morgan fingerprint density at radius 2 is 1.34 bits per heavy atom. The van der Waals surface area contributed by atoms with Crippen molar-refractivity contribution in [3.63, 3.8) is 0 Å². The van der Waals surface area contributed by atoms with E-state index in [9.17, 15) is 0 Å². The normalized spacial score (nSPS) is 13.0. The van der Waals surface area contributed by atoms with Crippen molar-refractivity contribution in [2.45, 2.75) is 20.8 Å².